The Labute approximate surface area is 83.3 Å². The van der Waals surface area contributed by atoms with Crippen molar-refractivity contribution in [1.29, 1.82) is 0 Å². The van der Waals surface area contributed by atoms with Crippen LogP contribution in [0.4, 0.5) is 11.5 Å². The van der Waals surface area contributed by atoms with E-state index in [0.717, 1.165) is 11.1 Å². The third-order valence-corrected chi connectivity index (χ3v) is 2.07. The lowest BCUT2D eigenvalue weighted by molar-refractivity contribution is 1.28. The van der Waals surface area contributed by atoms with Crippen molar-refractivity contribution >= 4 is 30.2 Å². The number of nitrogen functional groups attached to an aromatic ring is 2. The molecule has 0 amide bonds. The molecule has 0 atom stereocenters. The maximum absolute atomic E-state index is 5.71. The van der Waals surface area contributed by atoms with E-state index >= 15 is 0 Å². The van der Waals surface area contributed by atoms with E-state index in [2.05, 4.69) is 17.6 Å². The molecule has 4 heteroatoms. The maximum Gasteiger partial charge on any atom is 0.146 e. The molecule has 1 rings (SSSR count). The lowest BCUT2D eigenvalue weighted by Gasteiger charge is -2.05. The van der Waals surface area contributed by atoms with Crippen LogP contribution in [-0.4, -0.2) is 10.7 Å². The minimum absolute atomic E-state index is 0.389. The summed E-state index contributed by atoms with van der Waals surface area (Å²) in [5, 5.41) is 0. The van der Waals surface area contributed by atoms with Crippen molar-refractivity contribution in [3.63, 3.8) is 0 Å². The van der Waals surface area contributed by atoms with Gasteiger partial charge in [-0.2, -0.15) is 12.6 Å². The SMILES string of the molecule is Cc1c(C=CCS)cnc(N)c1N. The summed E-state index contributed by atoms with van der Waals surface area (Å²) in [6.07, 6.45) is 5.58. The van der Waals surface area contributed by atoms with Gasteiger partial charge in [0.1, 0.15) is 5.82 Å². The number of rotatable bonds is 2. The maximum atomic E-state index is 5.71. The highest BCUT2D eigenvalue weighted by Gasteiger charge is 2.02. The van der Waals surface area contributed by atoms with E-state index in [0.29, 0.717) is 17.3 Å². The molecular formula is C9H13N3S. The molecule has 0 aliphatic heterocycles. The lowest BCUT2D eigenvalue weighted by atomic mass is 10.1. The average molecular weight is 195 g/mol. The molecule has 70 valence electrons. The molecule has 0 radical (unpaired) electrons. The van der Waals surface area contributed by atoms with Crippen molar-refractivity contribution in [2.75, 3.05) is 17.2 Å². The molecule has 1 aromatic heterocycles. The largest absolute Gasteiger partial charge is 0.396 e. The van der Waals surface area contributed by atoms with E-state index in [1.165, 1.54) is 0 Å². The molecular weight excluding hydrogens is 182 g/mol. The molecule has 0 bridgehead atoms. The molecule has 0 aromatic carbocycles. The Morgan fingerprint density at radius 3 is 2.85 bits per heavy atom. The van der Waals surface area contributed by atoms with Gasteiger partial charge in [-0.1, -0.05) is 12.2 Å². The number of anilines is 2. The minimum atomic E-state index is 0.389. The van der Waals surface area contributed by atoms with E-state index in [1.807, 2.05) is 19.1 Å². The number of aromatic nitrogens is 1. The second kappa shape index (κ2) is 4.18. The van der Waals surface area contributed by atoms with E-state index < -0.39 is 0 Å². The van der Waals surface area contributed by atoms with Gasteiger partial charge in [0.2, 0.25) is 0 Å². The molecule has 4 N–H and O–H groups in total. The summed E-state index contributed by atoms with van der Waals surface area (Å²) >= 11 is 4.07. The van der Waals surface area contributed by atoms with Crippen LogP contribution >= 0.6 is 12.6 Å². The van der Waals surface area contributed by atoms with Crippen LogP contribution in [0, 0.1) is 6.92 Å². The van der Waals surface area contributed by atoms with Gasteiger partial charge < -0.3 is 11.5 Å². The van der Waals surface area contributed by atoms with Gasteiger partial charge in [-0.3, -0.25) is 0 Å². The van der Waals surface area contributed by atoms with Crippen molar-refractivity contribution in [3.05, 3.63) is 23.4 Å². The predicted octanol–water partition coefficient (Wildman–Crippen LogP) is 1.50. The molecule has 13 heavy (non-hydrogen) atoms. The van der Waals surface area contributed by atoms with Crippen molar-refractivity contribution in [2.45, 2.75) is 6.92 Å². The Kier molecular flexibility index (Phi) is 3.19. The highest BCUT2D eigenvalue weighted by atomic mass is 32.1. The van der Waals surface area contributed by atoms with Crippen LogP contribution < -0.4 is 11.5 Å². The van der Waals surface area contributed by atoms with E-state index in [4.69, 9.17) is 11.5 Å². The Morgan fingerprint density at radius 2 is 2.23 bits per heavy atom. The number of pyridine rings is 1. The van der Waals surface area contributed by atoms with Gasteiger partial charge in [0.25, 0.3) is 0 Å². The molecule has 0 unspecified atom stereocenters. The number of nitrogens with two attached hydrogens (primary N) is 2. The first kappa shape index (κ1) is 9.92. The highest BCUT2D eigenvalue weighted by molar-refractivity contribution is 7.80. The topological polar surface area (TPSA) is 64.9 Å². The molecule has 1 heterocycles. The zero-order chi connectivity index (χ0) is 9.84. The van der Waals surface area contributed by atoms with Crippen molar-refractivity contribution < 1.29 is 0 Å². The van der Waals surface area contributed by atoms with E-state index in [1.54, 1.807) is 6.20 Å². The summed E-state index contributed by atoms with van der Waals surface area (Å²) in [7, 11) is 0. The van der Waals surface area contributed by atoms with Crippen LogP contribution in [0.1, 0.15) is 11.1 Å². The average Bonchev–Trinajstić information content (AvgIpc) is 2.13. The Balaban J connectivity index is 3.11. The normalized spacial score (nSPS) is 10.9. The van der Waals surface area contributed by atoms with E-state index in [-0.39, 0.29) is 0 Å². The second-order valence-electron chi connectivity index (χ2n) is 2.72. The third kappa shape index (κ3) is 2.15. The summed E-state index contributed by atoms with van der Waals surface area (Å²) in [6.45, 7) is 1.92. The zero-order valence-electron chi connectivity index (χ0n) is 7.49. The second-order valence-corrected chi connectivity index (χ2v) is 3.09. The number of thiol groups is 1. The molecule has 3 nitrogen and oxygen atoms in total. The van der Waals surface area contributed by atoms with Gasteiger partial charge in [0.05, 0.1) is 5.69 Å². The molecule has 0 saturated heterocycles. The van der Waals surface area contributed by atoms with Crippen LogP contribution in [-0.2, 0) is 0 Å². The fraction of sp³-hybridized carbons (Fsp3) is 0.222. The van der Waals surface area contributed by atoms with Crippen LogP contribution in [0.25, 0.3) is 6.08 Å². The predicted molar refractivity (Wildman–Crippen MR) is 60.7 cm³/mol. The summed E-state index contributed by atoms with van der Waals surface area (Å²) < 4.78 is 0. The quantitative estimate of drug-likeness (QED) is 0.626. The smallest absolute Gasteiger partial charge is 0.146 e. The number of hydrogen-bond donors (Lipinski definition) is 3. The first-order valence-corrected chi connectivity index (χ1v) is 4.58. The fourth-order valence-electron chi connectivity index (χ4n) is 1.00. The first-order chi connectivity index (χ1) is 6.16. The third-order valence-electron chi connectivity index (χ3n) is 1.86. The van der Waals surface area contributed by atoms with Crippen molar-refractivity contribution in [3.8, 4) is 0 Å². The zero-order valence-corrected chi connectivity index (χ0v) is 8.38. The van der Waals surface area contributed by atoms with Crippen LogP contribution in [0.5, 0.6) is 0 Å². The Hall–Kier alpha value is -1.16. The first-order valence-electron chi connectivity index (χ1n) is 3.94. The van der Waals surface area contributed by atoms with Gasteiger partial charge in [-0.05, 0) is 18.1 Å². The van der Waals surface area contributed by atoms with Crippen LogP contribution in [0.2, 0.25) is 0 Å². The summed E-state index contributed by atoms with van der Waals surface area (Å²) in [4.78, 5) is 3.97. The monoisotopic (exact) mass is 195 g/mol. The summed E-state index contributed by atoms with van der Waals surface area (Å²) in [6, 6.07) is 0. The fourth-order valence-corrected chi connectivity index (χ4v) is 1.11. The standard InChI is InChI=1S/C9H13N3S/c1-6-7(3-2-4-13)5-12-9(11)8(6)10/h2-3,5,13H,4,10H2,1H3,(H2,11,12). The number of nitrogens with zero attached hydrogens (tertiary/aromatic N) is 1. The number of hydrogen-bond acceptors (Lipinski definition) is 4. The van der Waals surface area contributed by atoms with Gasteiger partial charge in [0.15, 0.2) is 0 Å². The lowest BCUT2D eigenvalue weighted by Crippen LogP contribution is -2.01. The van der Waals surface area contributed by atoms with Gasteiger partial charge in [-0.15, -0.1) is 0 Å². The molecule has 0 aliphatic rings. The Bertz CT molecular complexity index is 334. The molecule has 0 spiro atoms. The molecule has 0 saturated carbocycles. The summed E-state index contributed by atoms with van der Waals surface area (Å²) in [5.41, 5.74) is 13.8. The van der Waals surface area contributed by atoms with Gasteiger partial charge in [-0.25, -0.2) is 4.98 Å². The molecule has 0 fully saturated rings. The van der Waals surface area contributed by atoms with Gasteiger partial charge >= 0.3 is 0 Å². The van der Waals surface area contributed by atoms with Gasteiger partial charge in [0, 0.05) is 11.9 Å². The van der Waals surface area contributed by atoms with Crippen molar-refractivity contribution in [1.82, 2.24) is 4.98 Å². The highest BCUT2D eigenvalue weighted by Crippen LogP contribution is 2.20. The Morgan fingerprint density at radius 1 is 1.54 bits per heavy atom. The minimum Gasteiger partial charge on any atom is -0.396 e. The summed E-state index contributed by atoms with van der Waals surface area (Å²) in [5.74, 6) is 1.09. The van der Waals surface area contributed by atoms with E-state index in [9.17, 15) is 0 Å². The van der Waals surface area contributed by atoms with Crippen LogP contribution in [0.3, 0.4) is 0 Å². The van der Waals surface area contributed by atoms with Crippen molar-refractivity contribution in [2.24, 2.45) is 0 Å². The molecule has 0 aliphatic carbocycles. The van der Waals surface area contributed by atoms with Crippen LogP contribution in [0.15, 0.2) is 12.3 Å². The molecule has 1 aromatic rings.